The molecule has 0 amide bonds. The fourth-order valence-corrected chi connectivity index (χ4v) is 12.2. The number of carbonyl (C=O) groups excluding carboxylic acids is 4. The fourth-order valence-electron chi connectivity index (χ4n) is 10.6. The molecule has 3 N–H and O–H groups in total. The molecule has 89 heavy (non-hydrogen) atoms. The van der Waals surface area contributed by atoms with Crippen LogP contribution in [0, 0.1) is 11.8 Å². The van der Waals surface area contributed by atoms with E-state index in [1.165, 1.54) is 173 Å². The van der Waals surface area contributed by atoms with Gasteiger partial charge in [-0.3, -0.25) is 37.3 Å². The van der Waals surface area contributed by atoms with Gasteiger partial charge in [0.1, 0.15) is 19.3 Å². The van der Waals surface area contributed by atoms with Gasteiger partial charge in [0.15, 0.2) is 12.2 Å². The van der Waals surface area contributed by atoms with E-state index in [1.807, 2.05) is 0 Å². The lowest BCUT2D eigenvalue weighted by molar-refractivity contribution is -0.161. The van der Waals surface area contributed by atoms with E-state index in [9.17, 15) is 43.2 Å². The van der Waals surface area contributed by atoms with E-state index in [4.69, 9.17) is 37.0 Å². The van der Waals surface area contributed by atoms with Crippen LogP contribution in [0.5, 0.6) is 0 Å². The standard InChI is InChI=1S/C70H136O17P2/c1-7-9-11-13-15-17-18-22-30-36-42-48-54-69(74)86-65(58-80-67(72)52-46-40-34-26-16-14-12-10-8-2)60-84-88(76,77)82-56-64(71)57-83-89(78,79)85-61-66(59-81-68(73)53-47-41-35-29-25-24-28-33-39-45-51-63(5)6)87-70(75)55-49-43-37-31-23-20-19-21-27-32-38-44-50-62(3)4/h62-66,71H,7-61H2,1-6H3,(H,76,77)(H,78,79)/t64-,65+,66+/m0/s1. The van der Waals surface area contributed by atoms with Crippen molar-refractivity contribution >= 4 is 39.5 Å². The van der Waals surface area contributed by atoms with Crippen LogP contribution in [0.25, 0.3) is 0 Å². The molecule has 0 saturated heterocycles. The number of hydrogen-bond donors (Lipinski definition) is 3. The number of carbonyl (C=O) groups is 4. The molecule has 0 spiro atoms. The molecular formula is C70H136O17P2. The quantitative estimate of drug-likeness (QED) is 0.0222. The van der Waals surface area contributed by atoms with E-state index in [1.54, 1.807) is 0 Å². The van der Waals surface area contributed by atoms with Crippen LogP contribution < -0.4 is 0 Å². The molecule has 528 valence electrons. The summed E-state index contributed by atoms with van der Waals surface area (Å²) in [5.41, 5.74) is 0. The summed E-state index contributed by atoms with van der Waals surface area (Å²) in [6, 6.07) is 0. The maximum atomic E-state index is 13.0. The Morgan fingerprint density at radius 3 is 0.764 bits per heavy atom. The summed E-state index contributed by atoms with van der Waals surface area (Å²) in [7, 11) is -9.90. The second-order valence-electron chi connectivity index (χ2n) is 26.2. The Morgan fingerprint density at radius 2 is 0.517 bits per heavy atom. The predicted molar refractivity (Wildman–Crippen MR) is 358 cm³/mol. The molecule has 0 aromatic carbocycles. The average Bonchev–Trinajstić information content (AvgIpc) is 3.71. The van der Waals surface area contributed by atoms with Crippen LogP contribution in [0.1, 0.15) is 356 Å². The molecule has 0 aliphatic rings. The van der Waals surface area contributed by atoms with E-state index in [2.05, 4.69) is 41.5 Å². The van der Waals surface area contributed by atoms with Gasteiger partial charge in [0.25, 0.3) is 0 Å². The van der Waals surface area contributed by atoms with Crippen molar-refractivity contribution in [1.82, 2.24) is 0 Å². The largest absolute Gasteiger partial charge is 0.472 e. The lowest BCUT2D eigenvalue weighted by atomic mass is 10.0. The molecule has 5 atom stereocenters. The summed E-state index contributed by atoms with van der Waals surface area (Å²) in [4.78, 5) is 72.5. The number of aliphatic hydroxyl groups excluding tert-OH is 1. The number of aliphatic hydroxyl groups is 1. The van der Waals surface area contributed by atoms with Crippen molar-refractivity contribution in [3.63, 3.8) is 0 Å². The Kier molecular flexibility index (Phi) is 60.8. The van der Waals surface area contributed by atoms with Crippen molar-refractivity contribution < 1.29 is 80.2 Å². The zero-order valence-corrected chi connectivity index (χ0v) is 59.5. The van der Waals surface area contributed by atoms with Gasteiger partial charge in [0.2, 0.25) is 0 Å². The number of rotatable bonds is 69. The first-order valence-electron chi connectivity index (χ1n) is 36.5. The van der Waals surface area contributed by atoms with Crippen molar-refractivity contribution in [3.8, 4) is 0 Å². The molecule has 0 fully saturated rings. The fraction of sp³-hybridized carbons (Fsp3) is 0.943. The van der Waals surface area contributed by atoms with Gasteiger partial charge in [-0.1, -0.05) is 305 Å². The van der Waals surface area contributed by atoms with Crippen LogP contribution in [0.15, 0.2) is 0 Å². The van der Waals surface area contributed by atoms with Crippen LogP contribution in [-0.4, -0.2) is 96.7 Å². The number of ether oxygens (including phenoxy) is 4. The smallest absolute Gasteiger partial charge is 0.462 e. The number of phosphoric ester groups is 2. The highest BCUT2D eigenvalue weighted by Gasteiger charge is 2.30. The average molecular weight is 1310 g/mol. The molecule has 0 radical (unpaired) electrons. The first kappa shape index (κ1) is 87.1. The van der Waals surface area contributed by atoms with Crippen LogP contribution in [0.2, 0.25) is 0 Å². The minimum Gasteiger partial charge on any atom is -0.462 e. The zero-order valence-electron chi connectivity index (χ0n) is 57.7. The molecule has 0 aliphatic heterocycles. The molecule has 0 rings (SSSR count). The first-order valence-corrected chi connectivity index (χ1v) is 39.5. The van der Waals surface area contributed by atoms with Gasteiger partial charge in [-0.25, -0.2) is 9.13 Å². The van der Waals surface area contributed by atoms with Gasteiger partial charge in [0, 0.05) is 25.7 Å². The highest BCUT2D eigenvalue weighted by atomic mass is 31.2. The minimum atomic E-state index is -4.95. The number of phosphoric acid groups is 2. The van der Waals surface area contributed by atoms with Crippen molar-refractivity contribution in [2.75, 3.05) is 39.6 Å². The minimum absolute atomic E-state index is 0.107. The Hall–Kier alpha value is -1.94. The first-order chi connectivity index (χ1) is 42.9. The summed E-state index contributed by atoms with van der Waals surface area (Å²) < 4.78 is 68.3. The highest BCUT2D eigenvalue weighted by Crippen LogP contribution is 2.45. The molecule has 0 bridgehead atoms. The van der Waals surface area contributed by atoms with Gasteiger partial charge >= 0.3 is 39.5 Å². The van der Waals surface area contributed by atoms with E-state index in [0.29, 0.717) is 25.7 Å². The Labute approximate surface area is 543 Å². The summed E-state index contributed by atoms with van der Waals surface area (Å²) in [6.45, 7) is 9.54. The molecule has 17 nitrogen and oxygen atoms in total. The Bertz CT molecular complexity index is 1730. The molecule has 2 unspecified atom stereocenters. The Balaban J connectivity index is 5.24. The molecule has 0 saturated carbocycles. The van der Waals surface area contributed by atoms with E-state index >= 15 is 0 Å². The summed E-state index contributed by atoms with van der Waals surface area (Å²) in [5, 5.41) is 10.6. The third kappa shape index (κ3) is 64.6. The highest BCUT2D eigenvalue weighted by molar-refractivity contribution is 7.47. The second kappa shape index (κ2) is 62.2. The molecule has 0 aromatic rings. The number of unbranched alkanes of at least 4 members (excludes halogenated alkanes) is 39. The Morgan fingerprint density at radius 1 is 0.303 bits per heavy atom. The van der Waals surface area contributed by atoms with E-state index < -0.39 is 97.5 Å². The van der Waals surface area contributed by atoms with Crippen LogP contribution in [0.4, 0.5) is 0 Å². The van der Waals surface area contributed by atoms with Crippen molar-refractivity contribution in [3.05, 3.63) is 0 Å². The van der Waals surface area contributed by atoms with Crippen molar-refractivity contribution in [2.24, 2.45) is 11.8 Å². The van der Waals surface area contributed by atoms with E-state index in [-0.39, 0.29) is 25.7 Å². The zero-order chi connectivity index (χ0) is 65.7. The molecule has 0 aromatic heterocycles. The summed E-state index contributed by atoms with van der Waals surface area (Å²) in [6.07, 6.45) is 47.1. The SMILES string of the molecule is CCCCCCCCCCCCCCC(=O)O[C@H](COC(=O)CCCCCCCCCCC)COP(=O)(O)OC[C@H](O)COP(=O)(O)OC[C@@H](COC(=O)CCCCCCCCCCCCC(C)C)OC(=O)CCCCCCCCCCCCCCC(C)C. The molecule has 19 heteroatoms. The topological polar surface area (TPSA) is 237 Å². The maximum Gasteiger partial charge on any atom is 0.472 e. The predicted octanol–water partition coefficient (Wildman–Crippen LogP) is 20.0. The van der Waals surface area contributed by atoms with Gasteiger partial charge in [-0.15, -0.1) is 0 Å². The third-order valence-corrected chi connectivity index (χ3v) is 18.1. The van der Waals surface area contributed by atoms with Crippen molar-refractivity contribution in [2.45, 2.75) is 374 Å². The van der Waals surface area contributed by atoms with Crippen LogP contribution in [0.3, 0.4) is 0 Å². The molecule has 0 aliphatic carbocycles. The van der Waals surface area contributed by atoms with Gasteiger partial charge in [-0.2, -0.15) is 0 Å². The van der Waals surface area contributed by atoms with Gasteiger partial charge in [-0.05, 0) is 37.5 Å². The normalized spacial score (nSPS) is 14.1. The lowest BCUT2D eigenvalue weighted by Crippen LogP contribution is -2.30. The summed E-state index contributed by atoms with van der Waals surface area (Å²) in [5.74, 6) is -0.588. The number of hydrogen-bond acceptors (Lipinski definition) is 15. The van der Waals surface area contributed by atoms with Crippen LogP contribution in [-0.2, 0) is 65.4 Å². The van der Waals surface area contributed by atoms with Crippen LogP contribution >= 0.6 is 15.6 Å². The van der Waals surface area contributed by atoms with E-state index in [0.717, 1.165) is 102 Å². The lowest BCUT2D eigenvalue weighted by Gasteiger charge is -2.21. The monoisotopic (exact) mass is 1310 g/mol. The molecular weight excluding hydrogens is 1170 g/mol. The summed E-state index contributed by atoms with van der Waals surface area (Å²) >= 11 is 0. The second-order valence-corrected chi connectivity index (χ2v) is 29.1. The van der Waals surface area contributed by atoms with Crippen molar-refractivity contribution in [1.29, 1.82) is 0 Å². The third-order valence-electron chi connectivity index (χ3n) is 16.2. The van der Waals surface area contributed by atoms with Gasteiger partial charge in [0.05, 0.1) is 26.4 Å². The molecule has 0 heterocycles. The number of esters is 4. The maximum absolute atomic E-state index is 13.0. The van der Waals surface area contributed by atoms with Gasteiger partial charge < -0.3 is 33.8 Å².